The Morgan fingerprint density at radius 3 is 2.50 bits per heavy atom. The van der Waals surface area contributed by atoms with Crippen LogP contribution in [0.3, 0.4) is 0 Å². The molecule has 5 heteroatoms. The highest BCUT2D eigenvalue weighted by Gasteiger charge is 2.14. The minimum absolute atomic E-state index is 0. The molecule has 1 aromatic heterocycles. The van der Waals surface area contributed by atoms with Gasteiger partial charge in [-0.1, -0.05) is 23.5 Å². The lowest BCUT2D eigenvalue weighted by atomic mass is 10.2. The SMILES string of the molecule is COc1ccc2c(c1)sc(/C=C/c1ccc(O)cc1)[n+]2C.[I-]. The molecule has 0 aliphatic carbocycles. The number of nitrogens with zero attached hydrogens (tertiary/aromatic N) is 1. The van der Waals surface area contributed by atoms with Gasteiger partial charge in [-0.15, -0.1) is 0 Å². The first-order chi connectivity index (χ1) is 10.2. The van der Waals surface area contributed by atoms with Gasteiger partial charge in [-0.3, -0.25) is 0 Å². The van der Waals surface area contributed by atoms with Gasteiger partial charge in [-0.2, -0.15) is 4.57 Å². The molecule has 3 aromatic rings. The third-order valence-corrected chi connectivity index (χ3v) is 4.55. The molecule has 1 N–H and O–H groups in total. The number of hydrogen-bond donors (Lipinski definition) is 1. The molecule has 0 saturated carbocycles. The molecule has 22 heavy (non-hydrogen) atoms. The van der Waals surface area contributed by atoms with Crippen molar-refractivity contribution in [3.05, 3.63) is 53.0 Å². The molecule has 0 atom stereocenters. The molecule has 0 radical (unpaired) electrons. The average molecular weight is 425 g/mol. The molecule has 0 unspecified atom stereocenters. The van der Waals surface area contributed by atoms with E-state index in [0.717, 1.165) is 16.3 Å². The highest BCUT2D eigenvalue weighted by molar-refractivity contribution is 7.18. The Hall–Kier alpha value is -1.60. The zero-order valence-corrected chi connectivity index (χ0v) is 15.3. The number of fused-ring (bicyclic) bond motifs is 1. The fourth-order valence-corrected chi connectivity index (χ4v) is 3.26. The summed E-state index contributed by atoms with van der Waals surface area (Å²) < 4.78 is 8.63. The first-order valence-electron chi connectivity index (χ1n) is 6.61. The van der Waals surface area contributed by atoms with Gasteiger partial charge in [0.2, 0.25) is 5.52 Å². The number of phenolic OH excluding ortho intramolecular Hbond substituents is 1. The van der Waals surface area contributed by atoms with E-state index >= 15 is 0 Å². The molecule has 0 fully saturated rings. The van der Waals surface area contributed by atoms with Crippen LogP contribution in [-0.2, 0) is 7.05 Å². The number of aryl methyl sites for hydroxylation is 1. The largest absolute Gasteiger partial charge is 1.00 e. The van der Waals surface area contributed by atoms with E-state index in [1.165, 1.54) is 10.2 Å². The van der Waals surface area contributed by atoms with Gasteiger partial charge in [0.25, 0.3) is 5.01 Å². The molecular weight excluding hydrogens is 409 g/mol. The van der Waals surface area contributed by atoms with E-state index in [2.05, 4.69) is 29.8 Å². The van der Waals surface area contributed by atoms with E-state index in [9.17, 15) is 5.11 Å². The van der Waals surface area contributed by atoms with Crippen molar-refractivity contribution in [3.63, 3.8) is 0 Å². The van der Waals surface area contributed by atoms with Crippen molar-refractivity contribution < 1.29 is 38.4 Å². The molecule has 0 spiro atoms. The van der Waals surface area contributed by atoms with E-state index in [-0.39, 0.29) is 29.7 Å². The Kier molecular flexibility index (Phi) is 5.42. The first-order valence-corrected chi connectivity index (χ1v) is 7.43. The third kappa shape index (κ3) is 3.41. The Balaban J connectivity index is 0.00000176. The standard InChI is InChI=1S/C17H15NO2S.HI/c1-18-15-9-8-14(20-2)11-16(15)21-17(18)10-5-12-3-6-13(19)7-4-12;/h3-11H,1-2H3;1H. The second kappa shape index (κ2) is 7.11. The van der Waals surface area contributed by atoms with Gasteiger partial charge in [-0.25, -0.2) is 0 Å². The molecule has 0 amide bonds. The number of aromatic hydroxyl groups is 1. The number of methoxy groups -OCH3 is 1. The van der Waals surface area contributed by atoms with Gasteiger partial charge in [0, 0.05) is 18.2 Å². The second-order valence-electron chi connectivity index (χ2n) is 4.76. The van der Waals surface area contributed by atoms with Crippen molar-refractivity contribution in [1.82, 2.24) is 0 Å². The molecular formula is C17H16INO2S. The predicted molar refractivity (Wildman–Crippen MR) is 86.6 cm³/mol. The minimum Gasteiger partial charge on any atom is -1.00 e. The fraction of sp³-hybridized carbons (Fsp3) is 0.118. The predicted octanol–water partition coefficient (Wildman–Crippen LogP) is 0.614. The minimum atomic E-state index is 0. The molecule has 0 bridgehead atoms. The molecule has 1 heterocycles. The first kappa shape index (κ1) is 16.8. The lowest BCUT2D eigenvalue weighted by Gasteiger charge is -1.95. The molecule has 114 valence electrons. The Morgan fingerprint density at radius 2 is 1.82 bits per heavy atom. The van der Waals surface area contributed by atoms with Crippen LogP contribution in [0.4, 0.5) is 0 Å². The van der Waals surface area contributed by atoms with Crippen molar-refractivity contribution in [3.8, 4) is 11.5 Å². The fourth-order valence-electron chi connectivity index (χ4n) is 2.18. The van der Waals surface area contributed by atoms with E-state index in [1.54, 1.807) is 30.6 Å². The number of rotatable bonds is 3. The van der Waals surface area contributed by atoms with Crippen molar-refractivity contribution in [2.75, 3.05) is 7.11 Å². The lowest BCUT2D eigenvalue weighted by molar-refractivity contribution is -0.642. The van der Waals surface area contributed by atoms with Crippen LogP contribution in [0.25, 0.3) is 22.4 Å². The van der Waals surface area contributed by atoms with E-state index in [4.69, 9.17) is 4.74 Å². The maximum atomic E-state index is 9.29. The van der Waals surface area contributed by atoms with Crippen LogP contribution >= 0.6 is 11.3 Å². The molecule has 3 nitrogen and oxygen atoms in total. The number of hydrogen-bond acceptors (Lipinski definition) is 3. The summed E-state index contributed by atoms with van der Waals surface area (Å²) in [4.78, 5) is 0. The van der Waals surface area contributed by atoms with E-state index in [1.807, 2.05) is 24.3 Å². The van der Waals surface area contributed by atoms with Gasteiger partial charge in [0.1, 0.15) is 23.2 Å². The van der Waals surface area contributed by atoms with Crippen LogP contribution in [0.5, 0.6) is 11.5 Å². The second-order valence-corrected chi connectivity index (χ2v) is 5.82. The highest BCUT2D eigenvalue weighted by Crippen LogP contribution is 2.25. The van der Waals surface area contributed by atoms with Crippen LogP contribution in [0, 0.1) is 0 Å². The van der Waals surface area contributed by atoms with Crippen molar-refractivity contribution >= 4 is 33.7 Å². The molecule has 2 aromatic carbocycles. The highest BCUT2D eigenvalue weighted by atomic mass is 127. The number of aromatic nitrogens is 1. The van der Waals surface area contributed by atoms with Crippen LogP contribution in [-0.4, -0.2) is 12.2 Å². The van der Waals surface area contributed by atoms with Gasteiger partial charge in [0.05, 0.1) is 7.11 Å². The quantitative estimate of drug-likeness (QED) is 0.493. The van der Waals surface area contributed by atoms with Gasteiger partial charge in [0.15, 0.2) is 0 Å². The summed E-state index contributed by atoms with van der Waals surface area (Å²) in [5.74, 6) is 1.16. The zero-order chi connectivity index (χ0) is 14.8. The number of thiazole rings is 1. The topological polar surface area (TPSA) is 33.3 Å². The molecule has 0 aliphatic heterocycles. The summed E-state index contributed by atoms with van der Waals surface area (Å²) in [5.41, 5.74) is 2.24. The molecule has 0 saturated heterocycles. The summed E-state index contributed by atoms with van der Waals surface area (Å²) >= 11 is 1.72. The van der Waals surface area contributed by atoms with Crippen molar-refractivity contribution in [2.24, 2.45) is 7.05 Å². The number of ether oxygens (including phenoxy) is 1. The number of halogens is 1. The zero-order valence-electron chi connectivity index (χ0n) is 12.3. The van der Waals surface area contributed by atoms with E-state index in [0.29, 0.717) is 0 Å². The van der Waals surface area contributed by atoms with Crippen molar-refractivity contribution in [1.29, 1.82) is 0 Å². The van der Waals surface area contributed by atoms with Crippen LogP contribution < -0.4 is 33.3 Å². The summed E-state index contributed by atoms with van der Waals surface area (Å²) in [6.45, 7) is 0. The normalized spacial score (nSPS) is 10.8. The number of phenols is 1. The molecule has 0 aliphatic rings. The maximum absolute atomic E-state index is 9.29. The Morgan fingerprint density at radius 1 is 1.09 bits per heavy atom. The van der Waals surface area contributed by atoms with Crippen LogP contribution in [0.2, 0.25) is 0 Å². The van der Waals surface area contributed by atoms with Crippen molar-refractivity contribution in [2.45, 2.75) is 0 Å². The third-order valence-electron chi connectivity index (χ3n) is 3.38. The Labute approximate surface area is 150 Å². The average Bonchev–Trinajstić information content (AvgIpc) is 2.82. The summed E-state index contributed by atoms with van der Waals surface area (Å²) in [7, 11) is 3.74. The van der Waals surface area contributed by atoms with E-state index < -0.39 is 0 Å². The van der Waals surface area contributed by atoms with Gasteiger partial charge >= 0.3 is 0 Å². The summed E-state index contributed by atoms with van der Waals surface area (Å²) in [5, 5.41) is 10.5. The van der Waals surface area contributed by atoms with Crippen LogP contribution in [0.15, 0.2) is 42.5 Å². The summed E-state index contributed by atoms with van der Waals surface area (Å²) in [6.07, 6.45) is 4.13. The monoisotopic (exact) mass is 425 g/mol. The van der Waals surface area contributed by atoms with Gasteiger partial charge in [-0.05, 0) is 29.8 Å². The lowest BCUT2D eigenvalue weighted by Crippen LogP contribution is -3.00. The number of benzene rings is 2. The maximum Gasteiger partial charge on any atom is 0.262 e. The van der Waals surface area contributed by atoms with Crippen LogP contribution in [0.1, 0.15) is 10.6 Å². The Bertz CT molecular complexity index is 809. The smallest absolute Gasteiger partial charge is 0.262 e. The summed E-state index contributed by atoms with van der Waals surface area (Å²) in [6, 6.07) is 13.3. The molecule has 3 rings (SSSR count). The van der Waals surface area contributed by atoms with Gasteiger partial charge < -0.3 is 33.8 Å².